The van der Waals surface area contributed by atoms with Gasteiger partial charge in [-0.1, -0.05) is 38.5 Å². The smallest absolute Gasteiger partial charge is 0.220 e. The van der Waals surface area contributed by atoms with Crippen LogP contribution < -0.4 is 11.1 Å². The monoisotopic (exact) mass is 334 g/mol. The van der Waals surface area contributed by atoms with Crippen LogP contribution >= 0.6 is 0 Å². The third-order valence-corrected chi connectivity index (χ3v) is 6.80. The number of carbonyl (C=O) groups excluding carboxylic acids is 1. The molecular weight excluding hydrogens is 296 g/mol. The molecule has 3 N–H and O–H groups in total. The molecule has 138 valence electrons. The predicted molar refractivity (Wildman–Crippen MR) is 99.7 cm³/mol. The molecule has 4 aliphatic carbocycles. The SMILES string of the molecule is NCCCCCCCCCCC(=O)NC12CC3CC(CC(C3)C1)C2. The van der Waals surface area contributed by atoms with Gasteiger partial charge in [0.2, 0.25) is 5.91 Å². The van der Waals surface area contributed by atoms with Crippen molar-refractivity contribution < 1.29 is 4.79 Å². The minimum atomic E-state index is 0.203. The Bertz CT molecular complexity index is 371. The summed E-state index contributed by atoms with van der Waals surface area (Å²) in [6.45, 7) is 0.832. The highest BCUT2D eigenvalue weighted by molar-refractivity contribution is 5.76. The van der Waals surface area contributed by atoms with Crippen molar-refractivity contribution in [3.05, 3.63) is 0 Å². The Balaban J connectivity index is 1.26. The largest absolute Gasteiger partial charge is 0.351 e. The molecule has 0 spiro atoms. The zero-order valence-electron chi connectivity index (χ0n) is 15.5. The van der Waals surface area contributed by atoms with E-state index >= 15 is 0 Å². The van der Waals surface area contributed by atoms with Crippen molar-refractivity contribution in [3.8, 4) is 0 Å². The van der Waals surface area contributed by atoms with E-state index in [0.29, 0.717) is 5.91 Å². The van der Waals surface area contributed by atoms with Crippen molar-refractivity contribution in [1.29, 1.82) is 0 Å². The average molecular weight is 335 g/mol. The van der Waals surface area contributed by atoms with Crippen molar-refractivity contribution in [1.82, 2.24) is 5.32 Å². The molecule has 0 unspecified atom stereocenters. The van der Waals surface area contributed by atoms with Crippen molar-refractivity contribution in [2.75, 3.05) is 6.54 Å². The maximum atomic E-state index is 12.4. The lowest BCUT2D eigenvalue weighted by Gasteiger charge is -2.56. The average Bonchev–Trinajstić information content (AvgIpc) is 2.51. The van der Waals surface area contributed by atoms with E-state index in [1.807, 2.05) is 0 Å². The van der Waals surface area contributed by atoms with Crippen LogP contribution in [-0.2, 0) is 4.79 Å². The van der Waals surface area contributed by atoms with Crippen LogP contribution in [0.25, 0.3) is 0 Å². The molecule has 0 atom stereocenters. The van der Waals surface area contributed by atoms with Crippen molar-refractivity contribution in [2.24, 2.45) is 23.5 Å². The van der Waals surface area contributed by atoms with Gasteiger partial charge in [0.1, 0.15) is 0 Å². The molecule has 4 fully saturated rings. The molecule has 4 rings (SSSR count). The molecule has 0 aliphatic heterocycles. The first-order valence-electron chi connectivity index (χ1n) is 10.7. The highest BCUT2D eigenvalue weighted by atomic mass is 16.1. The van der Waals surface area contributed by atoms with E-state index in [4.69, 9.17) is 5.73 Å². The number of rotatable bonds is 11. The van der Waals surface area contributed by atoms with Gasteiger partial charge in [-0.3, -0.25) is 4.79 Å². The van der Waals surface area contributed by atoms with Gasteiger partial charge in [0, 0.05) is 12.0 Å². The molecule has 4 aliphatic rings. The fourth-order valence-corrected chi connectivity index (χ4v) is 6.11. The van der Waals surface area contributed by atoms with Gasteiger partial charge in [-0.2, -0.15) is 0 Å². The van der Waals surface area contributed by atoms with Crippen molar-refractivity contribution >= 4 is 5.91 Å². The lowest BCUT2D eigenvalue weighted by atomic mass is 9.53. The second kappa shape index (κ2) is 8.69. The Labute approximate surface area is 148 Å². The molecule has 0 heterocycles. The first-order chi connectivity index (χ1) is 11.7. The molecule has 3 nitrogen and oxygen atoms in total. The van der Waals surface area contributed by atoms with Gasteiger partial charge in [-0.25, -0.2) is 0 Å². The third kappa shape index (κ3) is 4.97. The minimum absolute atomic E-state index is 0.203. The van der Waals surface area contributed by atoms with E-state index in [9.17, 15) is 4.79 Å². The molecule has 1 amide bonds. The van der Waals surface area contributed by atoms with Gasteiger partial charge in [0.05, 0.1) is 0 Å². The summed E-state index contributed by atoms with van der Waals surface area (Å²) in [5, 5.41) is 3.50. The number of nitrogens with one attached hydrogen (secondary N) is 1. The molecule has 4 bridgehead atoms. The van der Waals surface area contributed by atoms with Crippen molar-refractivity contribution in [2.45, 2.75) is 102 Å². The minimum Gasteiger partial charge on any atom is -0.351 e. The van der Waals surface area contributed by atoms with Gasteiger partial charge in [0.15, 0.2) is 0 Å². The lowest BCUT2D eigenvalue weighted by molar-refractivity contribution is -0.127. The second-order valence-electron chi connectivity index (χ2n) is 9.11. The third-order valence-electron chi connectivity index (χ3n) is 6.80. The number of carbonyl (C=O) groups is 1. The molecule has 0 saturated heterocycles. The van der Waals surface area contributed by atoms with E-state index in [2.05, 4.69) is 5.32 Å². The Hall–Kier alpha value is -0.570. The summed E-state index contributed by atoms with van der Waals surface area (Å²) >= 11 is 0. The normalized spacial score (nSPS) is 33.8. The van der Waals surface area contributed by atoms with Crippen LogP contribution in [0.15, 0.2) is 0 Å². The zero-order valence-corrected chi connectivity index (χ0v) is 15.5. The number of amides is 1. The molecule has 3 heteroatoms. The van der Waals surface area contributed by atoms with Crippen LogP contribution in [0.4, 0.5) is 0 Å². The van der Waals surface area contributed by atoms with Crippen LogP contribution in [0.5, 0.6) is 0 Å². The fourth-order valence-electron chi connectivity index (χ4n) is 6.11. The number of hydrogen-bond donors (Lipinski definition) is 2. The summed E-state index contributed by atoms with van der Waals surface area (Å²) in [4.78, 5) is 12.4. The number of nitrogens with two attached hydrogens (primary N) is 1. The summed E-state index contributed by atoms with van der Waals surface area (Å²) in [5.41, 5.74) is 5.71. The zero-order chi connectivity index (χ0) is 16.8. The van der Waals surface area contributed by atoms with Gasteiger partial charge >= 0.3 is 0 Å². The van der Waals surface area contributed by atoms with Crippen LogP contribution in [0, 0.1) is 17.8 Å². The molecular formula is C21H38N2O. The first-order valence-corrected chi connectivity index (χ1v) is 10.7. The second-order valence-corrected chi connectivity index (χ2v) is 9.11. The molecule has 0 aromatic rings. The molecule has 0 aromatic carbocycles. The predicted octanol–water partition coefficient (Wildman–Crippen LogP) is 4.54. The van der Waals surface area contributed by atoms with E-state index < -0.39 is 0 Å². The Morgan fingerprint density at radius 2 is 1.25 bits per heavy atom. The molecule has 4 saturated carbocycles. The lowest BCUT2D eigenvalue weighted by Crippen LogP contribution is -2.59. The van der Waals surface area contributed by atoms with Gasteiger partial charge < -0.3 is 11.1 Å². The standard InChI is InChI=1S/C21H38N2O/c22-10-8-6-4-2-1-3-5-7-9-20(24)23-21-14-17-11-18(15-21)13-19(12-17)16-21/h17-19H,1-16,22H2,(H,23,24). The Kier molecular flexibility index (Phi) is 6.60. The van der Waals surface area contributed by atoms with E-state index in [-0.39, 0.29) is 5.54 Å². The Morgan fingerprint density at radius 1 is 0.792 bits per heavy atom. The molecule has 0 radical (unpaired) electrons. The van der Waals surface area contributed by atoms with E-state index in [0.717, 1.165) is 37.1 Å². The van der Waals surface area contributed by atoms with Gasteiger partial charge in [0.25, 0.3) is 0 Å². The fraction of sp³-hybridized carbons (Fsp3) is 0.952. The van der Waals surface area contributed by atoms with Crippen LogP contribution in [0.1, 0.15) is 96.3 Å². The van der Waals surface area contributed by atoms with E-state index in [1.54, 1.807) is 0 Å². The highest BCUT2D eigenvalue weighted by Gasteiger charge is 2.51. The summed E-state index contributed by atoms with van der Waals surface area (Å²) in [7, 11) is 0. The van der Waals surface area contributed by atoms with Gasteiger partial charge in [-0.15, -0.1) is 0 Å². The maximum absolute atomic E-state index is 12.4. The summed E-state index contributed by atoms with van der Waals surface area (Å²) in [6, 6.07) is 0. The van der Waals surface area contributed by atoms with Crippen LogP contribution in [0.3, 0.4) is 0 Å². The quantitative estimate of drug-likeness (QED) is 0.545. The maximum Gasteiger partial charge on any atom is 0.220 e. The first kappa shape index (κ1) is 18.2. The molecule has 24 heavy (non-hydrogen) atoms. The van der Waals surface area contributed by atoms with E-state index in [1.165, 1.54) is 83.5 Å². The number of hydrogen-bond acceptors (Lipinski definition) is 2. The van der Waals surface area contributed by atoms with Crippen molar-refractivity contribution in [3.63, 3.8) is 0 Å². The summed E-state index contributed by atoms with van der Waals surface area (Å²) in [5.74, 6) is 3.07. The highest BCUT2D eigenvalue weighted by Crippen LogP contribution is 2.55. The molecule has 0 aromatic heterocycles. The summed E-state index contributed by atoms with van der Waals surface area (Å²) < 4.78 is 0. The Morgan fingerprint density at radius 3 is 1.75 bits per heavy atom. The van der Waals surface area contributed by atoms with Crippen LogP contribution in [-0.4, -0.2) is 18.0 Å². The van der Waals surface area contributed by atoms with Gasteiger partial charge in [-0.05, 0) is 75.7 Å². The number of unbranched alkanes of at least 4 members (excludes halogenated alkanes) is 7. The summed E-state index contributed by atoms with van der Waals surface area (Å²) in [6.07, 6.45) is 18.9. The van der Waals surface area contributed by atoms with Crippen LogP contribution in [0.2, 0.25) is 0 Å². The topological polar surface area (TPSA) is 55.1 Å².